The van der Waals surface area contributed by atoms with Gasteiger partial charge in [-0.3, -0.25) is 19.3 Å². The molecule has 4 aromatic rings. The van der Waals surface area contributed by atoms with Crippen LogP contribution in [0, 0.1) is 6.92 Å². The second-order valence-corrected chi connectivity index (χ2v) is 10.3. The molecule has 202 valence electrons. The van der Waals surface area contributed by atoms with E-state index in [-0.39, 0.29) is 11.4 Å². The molecule has 5 rings (SSSR count). The van der Waals surface area contributed by atoms with Gasteiger partial charge in [-0.25, -0.2) is 0 Å². The Kier molecular flexibility index (Phi) is 8.17. The highest BCUT2D eigenvalue weighted by molar-refractivity contribution is 8.18. The zero-order chi connectivity index (χ0) is 28.1. The Hall–Kier alpha value is -4.56. The highest BCUT2D eigenvalue weighted by Crippen LogP contribution is 2.35. The first-order valence-electron chi connectivity index (χ1n) is 12.9. The van der Waals surface area contributed by atoms with Crippen molar-refractivity contribution >= 4 is 51.4 Å². The SMILES string of the molecule is CCOc1cc(/C=C2/SC(=O)N(CC(=O)Nc3ccc(C)cc3)C2=O)ccc1OCc1ccc2ccccc2c1. The van der Waals surface area contributed by atoms with Crippen molar-refractivity contribution in [1.29, 1.82) is 0 Å². The van der Waals surface area contributed by atoms with Crippen LogP contribution in [0.3, 0.4) is 0 Å². The van der Waals surface area contributed by atoms with Crippen LogP contribution in [-0.2, 0) is 16.2 Å². The van der Waals surface area contributed by atoms with E-state index < -0.39 is 17.1 Å². The van der Waals surface area contributed by atoms with Gasteiger partial charge in [0.2, 0.25) is 5.91 Å². The molecule has 1 heterocycles. The van der Waals surface area contributed by atoms with Gasteiger partial charge < -0.3 is 14.8 Å². The van der Waals surface area contributed by atoms with E-state index >= 15 is 0 Å². The number of benzene rings is 4. The molecular formula is C32H28N2O5S. The van der Waals surface area contributed by atoms with E-state index in [1.807, 2.05) is 44.2 Å². The second-order valence-electron chi connectivity index (χ2n) is 9.29. The number of hydrogen-bond acceptors (Lipinski definition) is 6. The molecule has 1 aliphatic rings. The van der Waals surface area contributed by atoms with E-state index in [2.05, 4.69) is 29.6 Å². The predicted molar refractivity (Wildman–Crippen MR) is 158 cm³/mol. The van der Waals surface area contributed by atoms with Gasteiger partial charge in [-0.1, -0.05) is 60.2 Å². The van der Waals surface area contributed by atoms with E-state index in [0.717, 1.165) is 33.2 Å². The summed E-state index contributed by atoms with van der Waals surface area (Å²) in [4.78, 5) is 39.2. The number of fused-ring (bicyclic) bond motifs is 1. The molecule has 3 amide bonds. The summed E-state index contributed by atoms with van der Waals surface area (Å²) in [6.45, 7) is 4.27. The Balaban J connectivity index is 1.26. The highest BCUT2D eigenvalue weighted by atomic mass is 32.2. The summed E-state index contributed by atoms with van der Waals surface area (Å²) >= 11 is 0.805. The third-order valence-electron chi connectivity index (χ3n) is 6.28. The first-order chi connectivity index (χ1) is 19.4. The molecule has 0 spiro atoms. The number of aryl methyl sites for hydroxylation is 1. The summed E-state index contributed by atoms with van der Waals surface area (Å²) in [5.41, 5.74) is 3.37. The number of nitrogens with zero attached hydrogens (tertiary/aromatic N) is 1. The Morgan fingerprint density at radius 3 is 2.45 bits per heavy atom. The molecule has 8 heteroatoms. The number of carbonyl (C=O) groups is 3. The summed E-state index contributed by atoms with van der Waals surface area (Å²) in [6.07, 6.45) is 1.62. The monoisotopic (exact) mass is 552 g/mol. The number of thioether (sulfide) groups is 1. The zero-order valence-corrected chi connectivity index (χ0v) is 23.0. The van der Waals surface area contributed by atoms with Gasteiger partial charge in [0.15, 0.2) is 11.5 Å². The lowest BCUT2D eigenvalue weighted by molar-refractivity contribution is -0.127. The minimum atomic E-state index is -0.511. The minimum absolute atomic E-state index is 0.236. The van der Waals surface area contributed by atoms with Crippen LogP contribution in [0.2, 0.25) is 0 Å². The number of carbonyl (C=O) groups excluding carboxylic acids is 3. The van der Waals surface area contributed by atoms with Gasteiger partial charge in [-0.15, -0.1) is 0 Å². The van der Waals surface area contributed by atoms with Gasteiger partial charge in [0, 0.05) is 5.69 Å². The molecule has 7 nitrogen and oxygen atoms in total. The van der Waals surface area contributed by atoms with Gasteiger partial charge in [0.1, 0.15) is 13.2 Å². The summed E-state index contributed by atoms with van der Waals surface area (Å²) in [5.74, 6) is 0.157. The van der Waals surface area contributed by atoms with Crippen LogP contribution in [-0.4, -0.2) is 35.1 Å². The number of amides is 3. The molecule has 1 N–H and O–H groups in total. The maximum atomic E-state index is 13.0. The van der Waals surface area contributed by atoms with Crippen LogP contribution >= 0.6 is 11.8 Å². The van der Waals surface area contributed by atoms with Crippen LogP contribution in [0.1, 0.15) is 23.6 Å². The van der Waals surface area contributed by atoms with Crippen molar-refractivity contribution in [1.82, 2.24) is 4.90 Å². The molecular weight excluding hydrogens is 524 g/mol. The maximum absolute atomic E-state index is 13.0. The van der Waals surface area contributed by atoms with Crippen LogP contribution in [0.15, 0.2) is 89.8 Å². The largest absolute Gasteiger partial charge is 0.490 e. The van der Waals surface area contributed by atoms with Crippen LogP contribution in [0.25, 0.3) is 16.8 Å². The lowest BCUT2D eigenvalue weighted by Crippen LogP contribution is -2.36. The van der Waals surface area contributed by atoms with Gasteiger partial charge in [-0.05, 0) is 83.9 Å². The van der Waals surface area contributed by atoms with Gasteiger partial charge in [0.25, 0.3) is 11.1 Å². The molecule has 1 aliphatic heterocycles. The number of rotatable bonds is 9. The number of nitrogens with one attached hydrogen (secondary N) is 1. The smallest absolute Gasteiger partial charge is 0.294 e. The van der Waals surface area contributed by atoms with Crippen LogP contribution in [0.4, 0.5) is 10.5 Å². The second kappa shape index (κ2) is 12.1. The van der Waals surface area contributed by atoms with Crippen LogP contribution in [0.5, 0.6) is 11.5 Å². The fraction of sp³-hybridized carbons (Fsp3) is 0.156. The first kappa shape index (κ1) is 27.0. The average molecular weight is 553 g/mol. The first-order valence-corrected chi connectivity index (χ1v) is 13.7. The summed E-state index contributed by atoms with van der Waals surface area (Å²) < 4.78 is 11.9. The quantitative estimate of drug-likeness (QED) is 0.230. The number of imide groups is 1. The van der Waals surface area contributed by atoms with Crippen molar-refractivity contribution < 1.29 is 23.9 Å². The van der Waals surface area contributed by atoms with Crippen molar-refractivity contribution in [2.45, 2.75) is 20.5 Å². The summed E-state index contributed by atoms with van der Waals surface area (Å²) in [6, 6.07) is 27.0. The standard InChI is InChI=1S/C32H28N2O5S/c1-3-38-28-17-22(11-15-27(28)39-20-23-10-12-24-6-4-5-7-25(24)16-23)18-29-31(36)34(32(37)40-29)19-30(35)33-26-13-8-21(2)9-14-26/h4-18H,3,19-20H2,1-2H3,(H,33,35)/b29-18+. The molecule has 0 aliphatic carbocycles. The molecule has 40 heavy (non-hydrogen) atoms. The van der Waals surface area contributed by atoms with E-state index in [1.165, 1.54) is 5.39 Å². The molecule has 0 atom stereocenters. The normalized spacial score (nSPS) is 14.2. The number of anilines is 1. The maximum Gasteiger partial charge on any atom is 0.294 e. The van der Waals surface area contributed by atoms with Crippen molar-refractivity contribution in [3.63, 3.8) is 0 Å². The molecule has 0 radical (unpaired) electrons. The third kappa shape index (κ3) is 6.35. The molecule has 0 unspecified atom stereocenters. The van der Waals surface area contributed by atoms with Crippen molar-refractivity contribution in [3.8, 4) is 11.5 Å². The van der Waals surface area contributed by atoms with Gasteiger partial charge in [0.05, 0.1) is 11.5 Å². The molecule has 0 bridgehead atoms. The van der Waals surface area contributed by atoms with Crippen molar-refractivity contribution in [2.75, 3.05) is 18.5 Å². The summed E-state index contributed by atoms with van der Waals surface area (Å²) in [5, 5.41) is 4.54. The molecule has 0 aromatic heterocycles. The Labute approximate surface area is 236 Å². The average Bonchev–Trinajstić information content (AvgIpc) is 3.21. The van der Waals surface area contributed by atoms with Crippen molar-refractivity contribution in [2.24, 2.45) is 0 Å². The van der Waals surface area contributed by atoms with E-state index in [9.17, 15) is 14.4 Å². The fourth-order valence-electron chi connectivity index (χ4n) is 4.26. The Morgan fingerprint density at radius 2 is 1.68 bits per heavy atom. The highest BCUT2D eigenvalue weighted by Gasteiger charge is 2.36. The van der Waals surface area contributed by atoms with E-state index in [1.54, 1.807) is 36.4 Å². The molecule has 4 aromatic carbocycles. The van der Waals surface area contributed by atoms with Crippen molar-refractivity contribution in [3.05, 3.63) is 107 Å². The topological polar surface area (TPSA) is 84.9 Å². The Morgan fingerprint density at radius 1 is 0.900 bits per heavy atom. The molecule has 1 saturated heterocycles. The molecule has 0 saturated carbocycles. The molecule has 1 fully saturated rings. The third-order valence-corrected chi connectivity index (χ3v) is 7.19. The number of hydrogen-bond donors (Lipinski definition) is 1. The fourth-order valence-corrected chi connectivity index (χ4v) is 5.10. The van der Waals surface area contributed by atoms with Gasteiger partial charge in [-0.2, -0.15) is 0 Å². The van der Waals surface area contributed by atoms with Crippen LogP contribution < -0.4 is 14.8 Å². The zero-order valence-electron chi connectivity index (χ0n) is 22.2. The Bertz CT molecular complexity index is 1610. The van der Waals surface area contributed by atoms with E-state index in [0.29, 0.717) is 36.0 Å². The predicted octanol–water partition coefficient (Wildman–Crippen LogP) is 6.80. The van der Waals surface area contributed by atoms with E-state index in [4.69, 9.17) is 9.47 Å². The van der Waals surface area contributed by atoms with Gasteiger partial charge >= 0.3 is 0 Å². The minimum Gasteiger partial charge on any atom is -0.490 e. The number of ether oxygens (including phenoxy) is 2. The lowest BCUT2D eigenvalue weighted by atomic mass is 10.1. The lowest BCUT2D eigenvalue weighted by Gasteiger charge is -2.13. The summed E-state index contributed by atoms with van der Waals surface area (Å²) in [7, 11) is 0.